The highest BCUT2D eigenvalue weighted by Crippen LogP contribution is 2.11. The molecule has 4 nitrogen and oxygen atoms in total. The standard InChI is InChI=1S/C14H18BrNO3/c1-2-3-12(9-14(18)19)16-13(17)8-10-4-6-11(15)7-5-10/h4-7,12H,2-3,8-9H2,1H3,(H,16,17)(H,18,19). The van der Waals surface area contributed by atoms with E-state index in [1.165, 1.54) is 0 Å². The summed E-state index contributed by atoms with van der Waals surface area (Å²) in [5.74, 6) is -1.02. The van der Waals surface area contributed by atoms with Gasteiger partial charge in [0.05, 0.1) is 12.8 Å². The largest absolute Gasteiger partial charge is 0.481 e. The minimum atomic E-state index is -0.887. The van der Waals surface area contributed by atoms with E-state index in [2.05, 4.69) is 21.2 Å². The van der Waals surface area contributed by atoms with Gasteiger partial charge in [0.1, 0.15) is 0 Å². The third-order valence-electron chi connectivity index (χ3n) is 2.70. The van der Waals surface area contributed by atoms with Gasteiger partial charge in [-0.3, -0.25) is 9.59 Å². The average Bonchev–Trinajstić information content (AvgIpc) is 2.31. The highest BCUT2D eigenvalue weighted by Gasteiger charge is 2.15. The Morgan fingerprint density at radius 2 is 1.95 bits per heavy atom. The van der Waals surface area contributed by atoms with Crippen molar-refractivity contribution >= 4 is 27.8 Å². The highest BCUT2D eigenvalue weighted by atomic mass is 79.9. The number of carbonyl (C=O) groups is 2. The van der Waals surface area contributed by atoms with Gasteiger partial charge in [-0.15, -0.1) is 0 Å². The van der Waals surface area contributed by atoms with Crippen LogP contribution in [0.15, 0.2) is 28.7 Å². The maximum Gasteiger partial charge on any atom is 0.305 e. The molecule has 0 spiro atoms. The molecule has 1 aromatic carbocycles. The van der Waals surface area contributed by atoms with Gasteiger partial charge in [-0.1, -0.05) is 41.4 Å². The molecule has 1 rings (SSSR count). The van der Waals surface area contributed by atoms with Crippen LogP contribution in [0.25, 0.3) is 0 Å². The van der Waals surface area contributed by atoms with Gasteiger partial charge < -0.3 is 10.4 Å². The van der Waals surface area contributed by atoms with E-state index in [-0.39, 0.29) is 24.8 Å². The van der Waals surface area contributed by atoms with Crippen LogP contribution in [0, 0.1) is 0 Å². The molecule has 1 amide bonds. The lowest BCUT2D eigenvalue weighted by molar-refractivity contribution is -0.137. The van der Waals surface area contributed by atoms with Gasteiger partial charge in [0.2, 0.25) is 5.91 Å². The first-order valence-electron chi connectivity index (χ1n) is 6.27. The smallest absolute Gasteiger partial charge is 0.305 e. The number of carboxylic acids is 1. The average molecular weight is 328 g/mol. The Morgan fingerprint density at radius 1 is 1.32 bits per heavy atom. The second-order valence-electron chi connectivity index (χ2n) is 4.45. The summed E-state index contributed by atoms with van der Waals surface area (Å²) in [5.41, 5.74) is 0.909. The highest BCUT2D eigenvalue weighted by molar-refractivity contribution is 9.10. The molecule has 1 atom stereocenters. The summed E-state index contributed by atoms with van der Waals surface area (Å²) < 4.78 is 0.964. The molecule has 0 bridgehead atoms. The number of carbonyl (C=O) groups excluding carboxylic acids is 1. The number of amides is 1. The van der Waals surface area contributed by atoms with Crippen molar-refractivity contribution in [1.82, 2.24) is 5.32 Å². The first kappa shape index (κ1) is 15.7. The molecule has 0 fully saturated rings. The summed E-state index contributed by atoms with van der Waals surface area (Å²) in [6.45, 7) is 1.97. The van der Waals surface area contributed by atoms with Crippen molar-refractivity contribution in [3.8, 4) is 0 Å². The van der Waals surface area contributed by atoms with Gasteiger partial charge in [0, 0.05) is 10.5 Å². The normalized spacial score (nSPS) is 11.9. The molecule has 1 aromatic rings. The predicted molar refractivity (Wildman–Crippen MR) is 76.9 cm³/mol. The van der Waals surface area contributed by atoms with Crippen molar-refractivity contribution in [2.24, 2.45) is 0 Å². The summed E-state index contributed by atoms with van der Waals surface area (Å²) in [4.78, 5) is 22.6. The van der Waals surface area contributed by atoms with Crippen molar-refractivity contribution in [2.45, 2.75) is 38.6 Å². The zero-order chi connectivity index (χ0) is 14.3. The van der Waals surface area contributed by atoms with Crippen LogP contribution < -0.4 is 5.32 Å². The summed E-state index contributed by atoms with van der Waals surface area (Å²) >= 11 is 3.33. The summed E-state index contributed by atoms with van der Waals surface area (Å²) in [7, 11) is 0. The zero-order valence-electron chi connectivity index (χ0n) is 10.9. The van der Waals surface area contributed by atoms with E-state index < -0.39 is 5.97 Å². The van der Waals surface area contributed by atoms with E-state index in [4.69, 9.17) is 5.11 Å². The van der Waals surface area contributed by atoms with E-state index in [9.17, 15) is 9.59 Å². The Labute approximate surface area is 121 Å². The number of nitrogens with one attached hydrogen (secondary N) is 1. The van der Waals surface area contributed by atoms with Gasteiger partial charge in [-0.05, 0) is 24.1 Å². The van der Waals surface area contributed by atoms with Gasteiger partial charge in [-0.25, -0.2) is 0 Å². The summed E-state index contributed by atoms with van der Waals surface area (Å²) in [6, 6.07) is 7.21. The maximum atomic E-state index is 11.8. The van der Waals surface area contributed by atoms with Crippen LogP contribution in [0.3, 0.4) is 0 Å². The van der Waals surface area contributed by atoms with Gasteiger partial charge in [0.25, 0.3) is 0 Å². The number of rotatable bonds is 7. The lowest BCUT2D eigenvalue weighted by Gasteiger charge is -2.16. The van der Waals surface area contributed by atoms with Crippen molar-refractivity contribution in [3.63, 3.8) is 0 Å². The van der Waals surface area contributed by atoms with Gasteiger partial charge in [0.15, 0.2) is 0 Å². The predicted octanol–water partition coefficient (Wildman–Crippen LogP) is 2.75. The molecule has 0 aliphatic rings. The van der Waals surface area contributed by atoms with Crippen LogP contribution in [0.1, 0.15) is 31.7 Å². The second kappa shape index (κ2) is 7.94. The minimum Gasteiger partial charge on any atom is -0.481 e. The van der Waals surface area contributed by atoms with Crippen molar-refractivity contribution in [1.29, 1.82) is 0 Å². The second-order valence-corrected chi connectivity index (χ2v) is 5.37. The van der Waals surface area contributed by atoms with E-state index in [1.54, 1.807) is 0 Å². The lowest BCUT2D eigenvalue weighted by atomic mass is 10.1. The van der Waals surface area contributed by atoms with Crippen LogP contribution in [0.2, 0.25) is 0 Å². The first-order valence-corrected chi connectivity index (χ1v) is 7.06. The molecular weight excluding hydrogens is 310 g/mol. The number of benzene rings is 1. The lowest BCUT2D eigenvalue weighted by Crippen LogP contribution is -2.37. The molecule has 0 aromatic heterocycles. The molecule has 0 aliphatic carbocycles. The number of aliphatic carboxylic acids is 1. The van der Waals surface area contributed by atoms with Crippen LogP contribution in [-0.2, 0) is 16.0 Å². The Morgan fingerprint density at radius 3 is 2.47 bits per heavy atom. The van der Waals surface area contributed by atoms with Crippen LogP contribution in [0.4, 0.5) is 0 Å². The molecule has 0 aliphatic heterocycles. The van der Waals surface area contributed by atoms with Crippen LogP contribution >= 0.6 is 15.9 Å². The van der Waals surface area contributed by atoms with Crippen LogP contribution in [0.5, 0.6) is 0 Å². The number of hydrogen-bond acceptors (Lipinski definition) is 2. The third kappa shape index (κ3) is 6.38. The zero-order valence-corrected chi connectivity index (χ0v) is 12.4. The fourth-order valence-corrected chi connectivity index (χ4v) is 2.12. The summed E-state index contributed by atoms with van der Waals surface area (Å²) in [5, 5.41) is 11.6. The minimum absolute atomic E-state index is 0.0279. The van der Waals surface area contributed by atoms with Crippen molar-refractivity contribution < 1.29 is 14.7 Å². The molecule has 0 heterocycles. The Hall–Kier alpha value is -1.36. The fourth-order valence-electron chi connectivity index (χ4n) is 1.85. The molecular formula is C14H18BrNO3. The van der Waals surface area contributed by atoms with E-state index in [0.29, 0.717) is 6.42 Å². The quantitative estimate of drug-likeness (QED) is 0.809. The Bertz CT molecular complexity index is 431. The monoisotopic (exact) mass is 327 g/mol. The fraction of sp³-hybridized carbons (Fsp3) is 0.429. The number of hydrogen-bond donors (Lipinski definition) is 2. The maximum absolute atomic E-state index is 11.8. The van der Waals surface area contributed by atoms with E-state index >= 15 is 0 Å². The van der Waals surface area contributed by atoms with Crippen LogP contribution in [-0.4, -0.2) is 23.0 Å². The topological polar surface area (TPSA) is 66.4 Å². The molecule has 5 heteroatoms. The molecule has 19 heavy (non-hydrogen) atoms. The molecule has 104 valence electrons. The molecule has 0 radical (unpaired) electrons. The molecule has 1 unspecified atom stereocenters. The Kier molecular flexibility index (Phi) is 6.56. The SMILES string of the molecule is CCCC(CC(=O)O)NC(=O)Cc1ccc(Br)cc1. The molecule has 0 saturated heterocycles. The Balaban J connectivity index is 2.52. The molecule has 0 saturated carbocycles. The van der Waals surface area contributed by atoms with Gasteiger partial charge >= 0.3 is 5.97 Å². The summed E-state index contributed by atoms with van der Waals surface area (Å²) in [6.07, 6.45) is 1.77. The van der Waals surface area contributed by atoms with E-state index in [1.807, 2.05) is 31.2 Å². The van der Waals surface area contributed by atoms with Crippen molar-refractivity contribution in [2.75, 3.05) is 0 Å². The number of carboxylic acid groups (broad SMARTS) is 1. The first-order chi connectivity index (χ1) is 9.01. The number of halogens is 1. The van der Waals surface area contributed by atoms with E-state index in [0.717, 1.165) is 16.5 Å². The van der Waals surface area contributed by atoms with Gasteiger partial charge in [-0.2, -0.15) is 0 Å². The third-order valence-corrected chi connectivity index (χ3v) is 3.23. The molecule has 2 N–H and O–H groups in total. The van der Waals surface area contributed by atoms with Crippen molar-refractivity contribution in [3.05, 3.63) is 34.3 Å².